The molecule has 0 saturated heterocycles. The number of hydrogen-bond donors (Lipinski definition) is 4. The Balaban J connectivity index is 0.000000197. The lowest BCUT2D eigenvalue weighted by Gasteiger charge is -2.22. The van der Waals surface area contributed by atoms with Gasteiger partial charge in [-0.3, -0.25) is 9.59 Å². The average Bonchev–Trinajstić information content (AvgIpc) is 2.95. The summed E-state index contributed by atoms with van der Waals surface area (Å²) >= 11 is 8.03. The Morgan fingerprint density at radius 2 is 1.27 bits per heavy atom. The van der Waals surface area contributed by atoms with E-state index in [9.17, 15) is 30.0 Å². The zero-order chi connectivity index (χ0) is 31.2. The maximum atomic E-state index is 12.6. The van der Waals surface area contributed by atoms with Crippen LogP contribution < -0.4 is 0 Å². The fraction of sp³-hybridized carbons (Fsp3) is 0.176. The summed E-state index contributed by atoms with van der Waals surface area (Å²) in [6, 6.07) is 17.1. The van der Waals surface area contributed by atoms with Crippen molar-refractivity contribution in [3.63, 3.8) is 0 Å². The number of carbonyl (C=O) groups excluding carboxylic acids is 2. The Kier molecular flexibility index (Phi) is 9.71. The highest BCUT2D eigenvalue weighted by Gasteiger charge is 2.39. The van der Waals surface area contributed by atoms with Gasteiger partial charge in [-0.15, -0.1) is 12.4 Å². The van der Waals surface area contributed by atoms with Gasteiger partial charge >= 0.3 is 0 Å². The number of carbonyl (C=O) groups is 2. The Bertz CT molecular complexity index is 1780. The van der Waals surface area contributed by atoms with Gasteiger partial charge in [-0.25, -0.2) is 0 Å². The first-order valence-corrected chi connectivity index (χ1v) is 14.7. The molecule has 4 N–H and O–H groups in total. The van der Waals surface area contributed by atoms with Crippen LogP contribution in [0.3, 0.4) is 0 Å². The Labute approximate surface area is 270 Å². The molecular formula is C34H31Cl2NO6S. The summed E-state index contributed by atoms with van der Waals surface area (Å²) in [7, 11) is 4.21. The molecule has 1 heterocycles. The van der Waals surface area contributed by atoms with Gasteiger partial charge < -0.3 is 25.3 Å². The summed E-state index contributed by atoms with van der Waals surface area (Å²) in [5, 5.41) is 40.9. The molecule has 7 nitrogen and oxygen atoms in total. The van der Waals surface area contributed by atoms with Crippen molar-refractivity contribution in [2.45, 2.75) is 30.1 Å². The molecule has 228 valence electrons. The second-order valence-electron chi connectivity index (χ2n) is 10.7. The molecule has 0 spiro atoms. The van der Waals surface area contributed by atoms with E-state index in [-0.39, 0.29) is 45.8 Å². The van der Waals surface area contributed by atoms with E-state index >= 15 is 0 Å². The third-order valence-electron chi connectivity index (χ3n) is 7.40. The van der Waals surface area contributed by atoms with Crippen LogP contribution in [0.5, 0.6) is 23.0 Å². The maximum absolute atomic E-state index is 12.6. The van der Waals surface area contributed by atoms with Crippen LogP contribution in [0.15, 0.2) is 70.5 Å². The third-order valence-corrected chi connectivity index (χ3v) is 8.79. The van der Waals surface area contributed by atoms with Crippen molar-refractivity contribution in [3.8, 4) is 23.0 Å². The molecule has 6 rings (SSSR count). The second kappa shape index (κ2) is 13.0. The van der Waals surface area contributed by atoms with Crippen LogP contribution in [-0.2, 0) is 0 Å². The zero-order valence-corrected chi connectivity index (χ0v) is 26.8. The van der Waals surface area contributed by atoms with Gasteiger partial charge in [0.25, 0.3) is 0 Å². The van der Waals surface area contributed by atoms with Gasteiger partial charge in [0.2, 0.25) is 11.6 Å². The van der Waals surface area contributed by atoms with Crippen LogP contribution in [0.2, 0.25) is 5.02 Å². The summed E-state index contributed by atoms with van der Waals surface area (Å²) in [4.78, 5) is 30.0. The number of ketones is 2. The predicted molar refractivity (Wildman–Crippen MR) is 175 cm³/mol. The molecule has 10 heteroatoms. The van der Waals surface area contributed by atoms with Gasteiger partial charge in [0.05, 0.1) is 22.3 Å². The molecule has 0 atom stereocenters. The van der Waals surface area contributed by atoms with E-state index in [0.717, 1.165) is 30.1 Å². The Morgan fingerprint density at radius 3 is 1.82 bits per heavy atom. The Hall–Kier alpha value is -3.95. The van der Waals surface area contributed by atoms with Gasteiger partial charge in [-0.1, -0.05) is 47.6 Å². The maximum Gasteiger partial charge on any atom is 0.202 e. The number of phenols is 4. The van der Waals surface area contributed by atoms with Crippen molar-refractivity contribution >= 4 is 52.9 Å². The van der Waals surface area contributed by atoms with E-state index < -0.39 is 34.6 Å². The van der Waals surface area contributed by atoms with Crippen molar-refractivity contribution in [2.24, 2.45) is 0 Å². The van der Waals surface area contributed by atoms with Gasteiger partial charge in [0.1, 0.15) is 23.0 Å². The van der Waals surface area contributed by atoms with Gasteiger partial charge in [0, 0.05) is 21.4 Å². The number of phenolic OH excluding ortho intramolecular Hbond substituents is 4. The molecular weight excluding hydrogens is 621 g/mol. The number of aromatic hydroxyl groups is 4. The molecule has 0 unspecified atom stereocenters. The monoisotopic (exact) mass is 651 g/mol. The van der Waals surface area contributed by atoms with Crippen molar-refractivity contribution in [1.29, 1.82) is 0 Å². The highest BCUT2D eigenvalue weighted by atomic mass is 35.5. The van der Waals surface area contributed by atoms with Crippen LogP contribution in [-0.4, -0.2) is 57.5 Å². The molecule has 0 radical (unpaired) electrons. The van der Waals surface area contributed by atoms with Crippen molar-refractivity contribution in [3.05, 3.63) is 110 Å². The molecule has 4 aromatic carbocycles. The van der Waals surface area contributed by atoms with Gasteiger partial charge in [-0.2, -0.15) is 0 Å². The van der Waals surface area contributed by atoms with E-state index in [1.165, 1.54) is 40.3 Å². The summed E-state index contributed by atoms with van der Waals surface area (Å²) in [5.74, 6) is -3.44. The Morgan fingerprint density at radius 1 is 0.750 bits per heavy atom. The molecule has 1 aliphatic carbocycles. The van der Waals surface area contributed by atoms with Crippen LogP contribution >= 0.6 is 35.8 Å². The van der Waals surface area contributed by atoms with Crippen molar-refractivity contribution in [2.75, 3.05) is 20.6 Å². The standard InChI is InChI=1S/C18H18ClNS.C16H12O6.ClH/c1-20(2)11-5-7-14-15-6-3-4-8-17(15)21-18-10-9-13(19)12-16(14)18;1-5-3-7(17)9-11(13(5)19)15(21)10-8(18)4-6(2)14(20)12(10)16(9)22;/h3-4,6-10,12H,5,11H2,1-2H3;3-4,17-20H,1-2H3;1H. The fourth-order valence-corrected chi connectivity index (χ4v) is 6.52. The average molecular weight is 653 g/mol. The zero-order valence-electron chi connectivity index (χ0n) is 24.4. The summed E-state index contributed by atoms with van der Waals surface area (Å²) in [6.07, 6.45) is 3.38. The molecule has 44 heavy (non-hydrogen) atoms. The lowest BCUT2D eigenvalue weighted by molar-refractivity contribution is 0.0969. The second-order valence-corrected chi connectivity index (χ2v) is 12.2. The number of benzene rings is 4. The van der Waals surface area contributed by atoms with Crippen molar-refractivity contribution in [1.82, 2.24) is 4.90 Å². The minimum Gasteiger partial charge on any atom is -0.507 e. The molecule has 0 saturated carbocycles. The van der Waals surface area contributed by atoms with Gasteiger partial charge in [0.15, 0.2) is 0 Å². The molecule has 2 aliphatic rings. The largest absolute Gasteiger partial charge is 0.507 e. The van der Waals surface area contributed by atoms with Crippen LogP contribution in [0, 0.1) is 13.8 Å². The van der Waals surface area contributed by atoms with E-state index in [1.54, 1.807) is 0 Å². The lowest BCUT2D eigenvalue weighted by Crippen LogP contribution is -2.22. The SMILES string of the molecule is CN(C)CCC=C1c2ccccc2Sc2ccc(Cl)cc21.Cc1cc(O)c2c(c1O)C(=O)c1c(O)cc(C)c(O)c1C2=O.Cl. The van der Waals surface area contributed by atoms with Crippen LogP contribution in [0.25, 0.3) is 5.57 Å². The summed E-state index contributed by atoms with van der Waals surface area (Å²) < 4.78 is 0. The van der Waals surface area contributed by atoms with Gasteiger partial charge in [-0.05, 0) is 98.6 Å². The fourth-order valence-electron chi connectivity index (χ4n) is 5.26. The van der Waals surface area contributed by atoms with E-state index in [1.807, 2.05) is 17.8 Å². The molecule has 4 aromatic rings. The number of halogens is 2. The number of hydrogen-bond acceptors (Lipinski definition) is 8. The number of rotatable bonds is 3. The number of fused-ring (bicyclic) bond motifs is 4. The summed E-state index contributed by atoms with van der Waals surface area (Å²) in [5.41, 5.74) is 2.84. The third kappa shape index (κ3) is 5.90. The highest BCUT2D eigenvalue weighted by molar-refractivity contribution is 7.99. The van der Waals surface area contributed by atoms with Crippen molar-refractivity contribution < 1.29 is 30.0 Å². The first-order valence-electron chi connectivity index (χ1n) is 13.5. The first kappa shape index (κ1) is 33.0. The van der Waals surface area contributed by atoms with E-state index in [4.69, 9.17) is 11.6 Å². The van der Waals surface area contributed by atoms with Crippen LogP contribution in [0.4, 0.5) is 0 Å². The number of nitrogens with zero attached hydrogens (tertiary/aromatic N) is 1. The highest BCUT2D eigenvalue weighted by Crippen LogP contribution is 2.47. The quantitative estimate of drug-likeness (QED) is 0.145. The smallest absolute Gasteiger partial charge is 0.202 e. The van der Waals surface area contributed by atoms with Crippen LogP contribution in [0.1, 0.15) is 60.5 Å². The molecule has 0 aromatic heterocycles. The minimum absolute atomic E-state index is 0. The molecule has 0 bridgehead atoms. The number of aryl methyl sites for hydroxylation is 2. The minimum atomic E-state index is -0.825. The van der Waals surface area contributed by atoms with E-state index in [2.05, 4.69) is 61.5 Å². The van der Waals surface area contributed by atoms with E-state index in [0.29, 0.717) is 0 Å². The molecule has 1 aliphatic heterocycles. The molecule has 0 amide bonds. The first-order chi connectivity index (χ1) is 20.4. The topological polar surface area (TPSA) is 118 Å². The normalized spacial score (nSPS) is 13.7. The summed E-state index contributed by atoms with van der Waals surface area (Å²) in [6.45, 7) is 3.98. The lowest BCUT2D eigenvalue weighted by atomic mass is 9.80. The molecule has 0 fully saturated rings. The predicted octanol–water partition coefficient (Wildman–Crippen LogP) is 7.51.